The Morgan fingerprint density at radius 3 is 2.93 bits per heavy atom. The molecule has 1 aromatic carbocycles. The molecule has 0 bridgehead atoms. The number of benzene rings is 1. The summed E-state index contributed by atoms with van der Waals surface area (Å²) in [5.74, 6) is 0.257. The van der Waals surface area contributed by atoms with Crippen LogP contribution in [0.2, 0.25) is 5.02 Å². The van der Waals surface area contributed by atoms with Crippen molar-refractivity contribution in [3.63, 3.8) is 0 Å². The molecule has 0 saturated heterocycles. The van der Waals surface area contributed by atoms with Gasteiger partial charge in [-0.15, -0.1) is 0 Å². The lowest BCUT2D eigenvalue weighted by molar-refractivity contribution is -0.118. The van der Waals surface area contributed by atoms with Gasteiger partial charge in [0.15, 0.2) is 0 Å². The van der Waals surface area contributed by atoms with Crippen LogP contribution in [0, 0.1) is 0 Å². The van der Waals surface area contributed by atoms with Gasteiger partial charge in [-0.2, -0.15) is 0 Å². The minimum absolute atomic E-state index is 0.0974. The number of carbonyl (C=O) groups excluding carboxylic acids is 1. The van der Waals surface area contributed by atoms with Gasteiger partial charge in [-0.25, -0.2) is 0 Å². The topological polar surface area (TPSA) is 29.4 Å². The Morgan fingerprint density at radius 1 is 1.47 bits per heavy atom. The fourth-order valence-corrected chi connectivity index (χ4v) is 1.98. The molecule has 0 amide bonds. The Balaban J connectivity index is 2.34. The summed E-state index contributed by atoms with van der Waals surface area (Å²) in [5, 5.41) is 0.681. The van der Waals surface area contributed by atoms with Crippen LogP contribution < -0.4 is 0 Å². The van der Waals surface area contributed by atoms with Crippen molar-refractivity contribution in [1.82, 2.24) is 0 Å². The summed E-state index contributed by atoms with van der Waals surface area (Å²) >= 11 is 5.90. The van der Waals surface area contributed by atoms with Gasteiger partial charge in [0.2, 0.25) is 0 Å². The second kappa shape index (κ2) is 4.15. The molecule has 1 aliphatic rings. The third kappa shape index (κ3) is 2.45. The molecule has 0 radical (unpaired) electrons. The minimum atomic E-state index is 0.0974. The van der Waals surface area contributed by atoms with Crippen LogP contribution in [0.4, 0.5) is 0 Å². The van der Waals surface area contributed by atoms with Crippen molar-refractivity contribution in [3.8, 4) is 0 Å². The Morgan fingerprint density at radius 2 is 2.27 bits per heavy atom. The number of carbonyl (C=O) groups is 1. The van der Waals surface area contributed by atoms with Crippen molar-refractivity contribution in [2.24, 2.45) is 4.99 Å². The van der Waals surface area contributed by atoms with Crippen LogP contribution in [0.15, 0.2) is 29.3 Å². The average Bonchev–Trinajstić information content (AvgIpc) is 2.16. The minimum Gasteiger partial charge on any atom is -0.299 e. The average molecular weight is 222 g/mol. The molecule has 1 unspecified atom stereocenters. The maximum absolute atomic E-state index is 11.4. The summed E-state index contributed by atoms with van der Waals surface area (Å²) in [6, 6.07) is 7.59. The van der Waals surface area contributed by atoms with Crippen molar-refractivity contribution in [1.29, 1.82) is 0 Å². The number of hydrogen-bond acceptors (Lipinski definition) is 2. The maximum Gasteiger partial charge on any atom is 0.140 e. The molecule has 1 aliphatic heterocycles. The van der Waals surface area contributed by atoms with Gasteiger partial charge in [-0.3, -0.25) is 9.79 Å². The van der Waals surface area contributed by atoms with Gasteiger partial charge in [0.1, 0.15) is 5.78 Å². The molecule has 0 fully saturated rings. The SMILES string of the molecule is CC1CC(=O)CC(c2cccc(Cl)c2)=N1. The summed E-state index contributed by atoms with van der Waals surface area (Å²) < 4.78 is 0. The van der Waals surface area contributed by atoms with E-state index in [9.17, 15) is 4.79 Å². The lowest BCUT2D eigenvalue weighted by atomic mass is 9.98. The number of aliphatic imine (C=N–C) groups is 1. The van der Waals surface area contributed by atoms with E-state index in [1.54, 1.807) is 0 Å². The zero-order chi connectivity index (χ0) is 10.8. The molecule has 2 nitrogen and oxygen atoms in total. The Kier molecular flexibility index (Phi) is 2.87. The third-order valence-corrected chi connectivity index (χ3v) is 2.66. The van der Waals surface area contributed by atoms with E-state index in [-0.39, 0.29) is 11.8 Å². The highest BCUT2D eigenvalue weighted by Crippen LogP contribution is 2.18. The fourth-order valence-electron chi connectivity index (χ4n) is 1.79. The molecule has 78 valence electrons. The smallest absolute Gasteiger partial charge is 0.140 e. The highest BCUT2D eigenvalue weighted by atomic mass is 35.5. The Labute approximate surface area is 94.0 Å². The van der Waals surface area contributed by atoms with E-state index in [1.165, 1.54) is 0 Å². The molecule has 1 aromatic rings. The fraction of sp³-hybridized carbons (Fsp3) is 0.333. The van der Waals surface area contributed by atoms with Gasteiger partial charge in [0.25, 0.3) is 0 Å². The Hall–Kier alpha value is -1.15. The molecule has 0 saturated carbocycles. The molecular weight excluding hydrogens is 210 g/mol. The number of halogens is 1. The van der Waals surface area contributed by atoms with Crippen molar-refractivity contribution >= 4 is 23.1 Å². The van der Waals surface area contributed by atoms with Crippen LogP contribution >= 0.6 is 11.6 Å². The second-order valence-electron chi connectivity index (χ2n) is 3.85. The number of ketones is 1. The normalized spacial score (nSPS) is 21.3. The van der Waals surface area contributed by atoms with Crippen LogP contribution in [0.25, 0.3) is 0 Å². The van der Waals surface area contributed by atoms with E-state index in [2.05, 4.69) is 4.99 Å². The molecule has 0 spiro atoms. The van der Waals surface area contributed by atoms with E-state index in [1.807, 2.05) is 31.2 Å². The van der Waals surface area contributed by atoms with Gasteiger partial charge in [-0.05, 0) is 24.6 Å². The molecular formula is C12H12ClNO. The van der Waals surface area contributed by atoms with Gasteiger partial charge < -0.3 is 0 Å². The summed E-state index contributed by atoms with van der Waals surface area (Å²) in [5.41, 5.74) is 1.82. The molecule has 0 aromatic heterocycles. The molecule has 15 heavy (non-hydrogen) atoms. The van der Waals surface area contributed by atoms with E-state index < -0.39 is 0 Å². The first kappa shape index (κ1) is 10.4. The summed E-state index contributed by atoms with van der Waals surface area (Å²) in [4.78, 5) is 15.9. The molecule has 0 aliphatic carbocycles. The van der Waals surface area contributed by atoms with Gasteiger partial charge in [-0.1, -0.05) is 23.7 Å². The predicted molar refractivity (Wildman–Crippen MR) is 61.7 cm³/mol. The predicted octanol–water partition coefficient (Wildman–Crippen LogP) is 2.88. The van der Waals surface area contributed by atoms with Gasteiger partial charge in [0.05, 0.1) is 6.04 Å². The zero-order valence-electron chi connectivity index (χ0n) is 8.53. The van der Waals surface area contributed by atoms with Crippen molar-refractivity contribution < 1.29 is 4.79 Å². The van der Waals surface area contributed by atoms with Crippen molar-refractivity contribution in [2.45, 2.75) is 25.8 Å². The van der Waals surface area contributed by atoms with Crippen LogP contribution in [0.5, 0.6) is 0 Å². The maximum atomic E-state index is 11.4. The van der Waals surface area contributed by atoms with Crippen molar-refractivity contribution in [2.75, 3.05) is 0 Å². The lowest BCUT2D eigenvalue weighted by Gasteiger charge is -2.16. The number of Topliss-reactive ketones (excluding diaryl/α,β-unsaturated/α-hetero) is 1. The van der Waals surface area contributed by atoms with Gasteiger partial charge >= 0.3 is 0 Å². The van der Waals surface area contributed by atoms with Crippen LogP contribution in [-0.4, -0.2) is 17.5 Å². The van der Waals surface area contributed by atoms with E-state index in [0.717, 1.165) is 11.3 Å². The lowest BCUT2D eigenvalue weighted by Crippen LogP contribution is -2.21. The van der Waals surface area contributed by atoms with Crippen LogP contribution in [0.1, 0.15) is 25.3 Å². The van der Waals surface area contributed by atoms with E-state index in [4.69, 9.17) is 11.6 Å². The van der Waals surface area contributed by atoms with Gasteiger partial charge in [0, 0.05) is 23.6 Å². The van der Waals surface area contributed by atoms with Crippen LogP contribution in [-0.2, 0) is 4.79 Å². The first-order chi connectivity index (χ1) is 7.15. The summed E-state index contributed by atoms with van der Waals surface area (Å²) in [6.07, 6.45) is 0.995. The number of hydrogen-bond donors (Lipinski definition) is 0. The monoisotopic (exact) mass is 221 g/mol. The first-order valence-electron chi connectivity index (χ1n) is 4.99. The largest absolute Gasteiger partial charge is 0.299 e. The Bertz CT molecular complexity index is 425. The number of nitrogens with zero attached hydrogens (tertiary/aromatic N) is 1. The summed E-state index contributed by atoms with van der Waals surface area (Å²) in [6.45, 7) is 1.96. The third-order valence-electron chi connectivity index (χ3n) is 2.42. The highest BCUT2D eigenvalue weighted by molar-refractivity contribution is 6.31. The van der Waals surface area contributed by atoms with Crippen LogP contribution in [0.3, 0.4) is 0 Å². The molecule has 0 N–H and O–H groups in total. The molecule has 1 atom stereocenters. The van der Waals surface area contributed by atoms with E-state index in [0.29, 0.717) is 17.9 Å². The molecule has 1 heterocycles. The zero-order valence-corrected chi connectivity index (χ0v) is 9.29. The van der Waals surface area contributed by atoms with Crippen molar-refractivity contribution in [3.05, 3.63) is 34.9 Å². The highest BCUT2D eigenvalue weighted by Gasteiger charge is 2.19. The standard InChI is InChI=1S/C12H12ClNO/c1-8-5-11(15)7-12(14-8)9-3-2-4-10(13)6-9/h2-4,6,8H,5,7H2,1H3. The molecule has 3 heteroatoms. The summed E-state index contributed by atoms with van der Waals surface area (Å²) in [7, 11) is 0. The number of rotatable bonds is 1. The molecule has 2 rings (SSSR count). The van der Waals surface area contributed by atoms with E-state index >= 15 is 0 Å². The quantitative estimate of drug-likeness (QED) is 0.717. The first-order valence-corrected chi connectivity index (χ1v) is 5.37. The second-order valence-corrected chi connectivity index (χ2v) is 4.29.